The van der Waals surface area contributed by atoms with Crippen LogP contribution < -0.4 is 4.74 Å². The Hall–Kier alpha value is -1.99. The number of nitrogens with zero attached hydrogens (tertiary/aromatic N) is 2. The summed E-state index contributed by atoms with van der Waals surface area (Å²) in [4.78, 5) is 19.5. The molecule has 0 spiro atoms. The van der Waals surface area contributed by atoms with Crippen molar-refractivity contribution in [1.29, 1.82) is 0 Å². The number of carbonyl (C=O) groups is 1. The second-order valence-corrected chi connectivity index (χ2v) is 7.04. The molecule has 0 saturated carbocycles. The van der Waals surface area contributed by atoms with E-state index in [0.29, 0.717) is 5.75 Å². The van der Waals surface area contributed by atoms with Gasteiger partial charge in [0.1, 0.15) is 5.75 Å². The molecule has 0 aliphatic heterocycles. The van der Waals surface area contributed by atoms with E-state index in [1.807, 2.05) is 13.0 Å². The van der Waals surface area contributed by atoms with Crippen molar-refractivity contribution in [3.63, 3.8) is 0 Å². The molecular weight excluding hydrogens is 328 g/mol. The van der Waals surface area contributed by atoms with E-state index in [1.54, 1.807) is 18.2 Å². The van der Waals surface area contributed by atoms with Crippen LogP contribution in [0.4, 0.5) is 0 Å². The van der Waals surface area contributed by atoms with Crippen LogP contribution in [-0.4, -0.2) is 30.1 Å². The Labute approximate surface area is 133 Å². The third-order valence-corrected chi connectivity index (χ3v) is 4.56. The highest BCUT2D eigenvalue weighted by Gasteiger charge is 2.22. The van der Waals surface area contributed by atoms with E-state index in [-0.39, 0.29) is 16.5 Å². The van der Waals surface area contributed by atoms with Crippen molar-refractivity contribution in [1.82, 2.24) is 9.97 Å². The van der Waals surface area contributed by atoms with Gasteiger partial charge in [0.15, 0.2) is 5.69 Å². The molecule has 0 aliphatic carbocycles. The van der Waals surface area contributed by atoms with E-state index in [4.69, 9.17) is 16.3 Å². The molecule has 1 aromatic heterocycles. The number of ether oxygens (including phenoxy) is 1. The van der Waals surface area contributed by atoms with Gasteiger partial charge in [-0.05, 0) is 24.6 Å². The average molecular weight is 341 g/mol. The van der Waals surface area contributed by atoms with Crippen LogP contribution in [0.1, 0.15) is 23.0 Å². The first-order valence-corrected chi connectivity index (χ1v) is 8.40. The van der Waals surface area contributed by atoms with Crippen LogP contribution in [0, 0.1) is 6.92 Å². The second kappa shape index (κ2) is 6.41. The molecule has 0 aliphatic rings. The van der Waals surface area contributed by atoms with Gasteiger partial charge in [-0.1, -0.05) is 30.7 Å². The smallest absolute Gasteiger partial charge is 0.364 e. The minimum Gasteiger partial charge on any atom is -0.422 e. The summed E-state index contributed by atoms with van der Waals surface area (Å²) in [5.74, 6) is -0.703. The maximum absolute atomic E-state index is 12.1. The number of hydrogen-bond donors (Lipinski definition) is 0. The lowest BCUT2D eigenvalue weighted by atomic mass is 10.2. The normalized spacial score (nSPS) is 11.2. The van der Waals surface area contributed by atoms with Gasteiger partial charge in [0.2, 0.25) is 15.0 Å². The Kier molecular flexibility index (Phi) is 4.77. The van der Waals surface area contributed by atoms with Crippen molar-refractivity contribution in [3.8, 4) is 5.75 Å². The minimum absolute atomic E-state index is 0.0762. The highest BCUT2D eigenvalue weighted by molar-refractivity contribution is 7.91. The molecule has 0 radical (unpaired) electrons. The summed E-state index contributed by atoms with van der Waals surface area (Å²) in [6.45, 7) is 3.30. The van der Waals surface area contributed by atoms with Crippen molar-refractivity contribution in [2.75, 3.05) is 5.75 Å². The van der Waals surface area contributed by atoms with Crippen molar-refractivity contribution in [3.05, 3.63) is 46.7 Å². The van der Waals surface area contributed by atoms with Gasteiger partial charge in [0, 0.05) is 0 Å². The molecule has 0 unspecified atom stereocenters. The van der Waals surface area contributed by atoms with Crippen molar-refractivity contribution in [2.24, 2.45) is 0 Å². The topological polar surface area (TPSA) is 86.2 Å². The lowest BCUT2D eigenvalue weighted by molar-refractivity contribution is 0.0727. The number of aryl methyl sites for hydroxylation is 1. The van der Waals surface area contributed by atoms with E-state index < -0.39 is 21.0 Å². The van der Waals surface area contributed by atoms with Crippen LogP contribution in [0.2, 0.25) is 5.02 Å². The van der Waals surface area contributed by atoms with E-state index in [2.05, 4.69) is 9.97 Å². The quantitative estimate of drug-likeness (QED) is 0.482. The fourth-order valence-electron chi connectivity index (χ4n) is 1.61. The third kappa shape index (κ3) is 3.61. The molecule has 6 nitrogen and oxygen atoms in total. The molecule has 1 heterocycles. The summed E-state index contributed by atoms with van der Waals surface area (Å²) < 4.78 is 28.7. The Balaban J connectivity index is 2.35. The third-order valence-electron chi connectivity index (χ3n) is 2.77. The number of halogens is 1. The van der Waals surface area contributed by atoms with E-state index in [1.165, 1.54) is 6.92 Å². The number of carbonyl (C=O) groups excluding carboxylic acids is 1. The lowest BCUT2D eigenvalue weighted by Gasteiger charge is -2.07. The molecule has 22 heavy (non-hydrogen) atoms. The Morgan fingerprint density at radius 1 is 1.36 bits per heavy atom. The lowest BCUT2D eigenvalue weighted by Crippen LogP contribution is -2.16. The summed E-state index contributed by atoms with van der Waals surface area (Å²) in [5.41, 5.74) is 0.624. The van der Waals surface area contributed by atoms with Crippen molar-refractivity contribution < 1.29 is 17.9 Å². The molecule has 0 atom stereocenters. The maximum Gasteiger partial charge on any atom is 0.364 e. The van der Waals surface area contributed by atoms with E-state index >= 15 is 0 Å². The minimum atomic E-state index is -3.64. The molecule has 0 N–H and O–H groups in total. The largest absolute Gasteiger partial charge is 0.422 e. The molecule has 0 bridgehead atoms. The zero-order valence-electron chi connectivity index (χ0n) is 11.9. The van der Waals surface area contributed by atoms with Gasteiger partial charge in [-0.2, -0.15) is 0 Å². The Morgan fingerprint density at radius 3 is 2.73 bits per heavy atom. The van der Waals surface area contributed by atoms with Gasteiger partial charge >= 0.3 is 5.97 Å². The van der Waals surface area contributed by atoms with Crippen molar-refractivity contribution >= 4 is 27.4 Å². The predicted octanol–water partition coefficient (Wildman–Crippen LogP) is 2.45. The van der Waals surface area contributed by atoms with Gasteiger partial charge in [0.05, 0.1) is 17.0 Å². The van der Waals surface area contributed by atoms with Gasteiger partial charge in [-0.25, -0.2) is 23.2 Å². The number of benzene rings is 1. The van der Waals surface area contributed by atoms with Crippen molar-refractivity contribution in [2.45, 2.75) is 19.0 Å². The van der Waals surface area contributed by atoms with Crippen LogP contribution in [0.15, 0.2) is 35.6 Å². The number of sulfone groups is 1. The standard InChI is InChI=1S/C14H13ClN2O4S/c1-3-22(19,20)14-16-8-11(15)12(17-14)13(18)21-10-6-4-5-9(2)7-10/h4-8H,3H2,1-2H3. The second-order valence-electron chi connectivity index (χ2n) is 4.46. The summed E-state index contributed by atoms with van der Waals surface area (Å²) in [7, 11) is -3.64. The molecule has 116 valence electrons. The first kappa shape index (κ1) is 16.4. The summed E-state index contributed by atoms with van der Waals surface area (Å²) in [6.07, 6.45) is 1.07. The summed E-state index contributed by atoms with van der Waals surface area (Å²) in [5, 5.41) is -0.525. The highest BCUT2D eigenvalue weighted by atomic mass is 35.5. The molecule has 0 amide bonds. The summed E-state index contributed by atoms with van der Waals surface area (Å²) in [6, 6.07) is 6.84. The van der Waals surface area contributed by atoms with Crippen LogP contribution in [0.25, 0.3) is 0 Å². The first-order chi connectivity index (χ1) is 10.3. The van der Waals surface area contributed by atoms with Gasteiger partial charge in [0.25, 0.3) is 0 Å². The number of aromatic nitrogens is 2. The summed E-state index contributed by atoms with van der Waals surface area (Å²) >= 11 is 5.86. The molecule has 2 aromatic rings. The van der Waals surface area contributed by atoms with Crippen LogP contribution in [0.5, 0.6) is 5.75 Å². The highest BCUT2D eigenvalue weighted by Crippen LogP contribution is 2.19. The molecule has 8 heteroatoms. The Morgan fingerprint density at radius 2 is 2.09 bits per heavy atom. The van der Waals surface area contributed by atoms with Gasteiger partial charge < -0.3 is 4.74 Å². The zero-order valence-corrected chi connectivity index (χ0v) is 13.5. The van der Waals surface area contributed by atoms with Crippen LogP contribution >= 0.6 is 11.6 Å². The number of esters is 1. The molecule has 2 rings (SSSR count). The van der Waals surface area contributed by atoms with Gasteiger partial charge in [-0.3, -0.25) is 0 Å². The van der Waals surface area contributed by atoms with E-state index in [0.717, 1.165) is 11.8 Å². The molecule has 0 saturated heterocycles. The monoisotopic (exact) mass is 340 g/mol. The number of rotatable bonds is 4. The molecular formula is C14H13ClN2O4S. The average Bonchev–Trinajstić information content (AvgIpc) is 2.47. The molecule has 0 fully saturated rings. The SMILES string of the molecule is CCS(=O)(=O)c1ncc(Cl)c(C(=O)Oc2cccc(C)c2)n1. The van der Waals surface area contributed by atoms with Crippen LogP contribution in [0.3, 0.4) is 0 Å². The Bertz CT molecular complexity index is 821. The zero-order chi connectivity index (χ0) is 16.3. The van der Waals surface area contributed by atoms with Gasteiger partial charge in [-0.15, -0.1) is 0 Å². The van der Waals surface area contributed by atoms with Crippen LogP contribution in [-0.2, 0) is 9.84 Å². The number of hydrogen-bond acceptors (Lipinski definition) is 6. The van der Waals surface area contributed by atoms with E-state index in [9.17, 15) is 13.2 Å². The fourth-order valence-corrected chi connectivity index (χ4v) is 2.48. The fraction of sp³-hybridized carbons (Fsp3) is 0.214. The predicted molar refractivity (Wildman–Crippen MR) is 80.9 cm³/mol. The maximum atomic E-state index is 12.1. The molecule has 1 aromatic carbocycles. The first-order valence-electron chi connectivity index (χ1n) is 6.37.